The van der Waals surface area contributed by atoms with Crippen LogP contribution in [0.2, 0.25) is 0 Å². The Balaban J connectivity index is 1.40. The summed E-state index contributed by atoms with van der Waals surface area (Å²) < 4.78 is 47.1. The van der Waals surface area contributed by atoms with E-state index in [0.29, 0.717) is 49.1 Å². The number of anilines is 1. The van der Waals surface area contributed by atoms with E-state index in [4.69, 9.17) is 4.52 Å². The van der Waals surface area contributed by atoms with Gasteiger partial charge in [0.05, 0.1) is 17.8 Å². The van der Waals surface area contributed by atoms with Gasteiger partial charge in [-0.15, -0.1) is 10.2 Å². The lowest BCUT2D eigenvalue weighted by atomic mass is 10.0. The number of aryl methyl sites for hydroxylation is 1. The van der Waals surface area contributed by atoms with Crippen molar-refractivity contribution < 1.29 is 17.7 Å². The van der Waals surface area contributed by atoms with Gasteiger partial charge < -0.3 is 9.42 Å². The predicted molar refractivity (Wildman–Crippen MR) is 107 cm³/mol. The molecule has 0 radical (unpaired) electrons. The third kappa shape index (κ3) is 4.06. The second-order valence-electron chi connectivity index (χ2n) is 8.57. The molecular formula is C20H23F3N8O. The van der Waals surface area contributed by atoms with Crippen molar-refractivity contribution in [3.63, 3.8) is 0 Å². The minimum Gasteiger partial charge on any atom is -0.368 e. The van der Waals surface area contributed by atoms with E-state index < -0.39 is 17.7 Å². The maximum atomic E-state index is 15.2. The number of nitrogens with one attached hydrogen (secondary N) is 1. The molecule has 5 rings (SSSR count). The summed E-state index contributed by atoms with van der Waals surface area (Å²) >= 11 is 0. The highest BCUT2D eigenvalue weighted by Gasteiger charge is 2.56. The third-order valence-electron chi connectivity index (χ3n) is 6.16. The van der Waals surface area contributed by atoms with E-state index in [9.17, 15) is 8.78 Å². The van der Waals surface area contributed by atoms with Gasteiger partial charge in [-0.25, -0.2) is 13.2 Å². The van der Waals surface area contributed by atoms with Crippen molar-refractivity contribution in [2.24, 2.45) is 5.92 Å². The molecule has 32 heavy (non-hydrogen) atoms. The van der Waals surface area contributed by atoms with Gasteiger partial charge in [-0.1, -0.05) is 5.16 Å². The molecule has 2 atom stereocenters. The molecule has 1 aliphatic heterocycles. The number of hydrogen-bond donors (Lipinski definition) is 1. The molecule has 1 aliphatic carbocycles. The van der Waals surface area contributed by atoms with Crippen molar-refractivity contribution in [3.05, 3.63) is 35.2 Å². The zero-order valence-corrected chi connectivity index (χ0v) is 17.7. The first-order chi connectivity index (χ1) is 15.3. The minimum absolute atomic E-state index is 0.111. The largest absolute Gasteiger partial charge is 0.368 e. The number of rotatable bonds is 6. The van der Waals surface area contributed by atoms with Gasteiger partial charge in [-0.05, 0) is 36.3 Å². The standard InChI is InChI=1S/C20H23F3N8O/c1-11-9-31(4-3-30(11)10-17-24-12(2)32-27-17)16-7-13(5-14-8-20(14,22)23)6-15(21)18(16)19-25-28-29-26-19/h6-7,11,14H,3-5,8-10H2,1-2H3,(H,25,26,28,29)/t11-,14?/m0/s1. The van der Waals surface area contributed by atoms with E-state index in [2.05, 4.69) is 42.6 Å². The fraction of sp³-hybridized carbons (Fsp3) is 0.550. The Morgan fingerprint density at radius 3 is 2.72 bits per heavy atom. The molecule has 2 fully saturated rings. The van der Waals surface area contributed by atoms with Crippen molar-refractivity contribution in [2.45, 2.75) is 45.2 Å². The van der Waals surface area contributed by atoms with Crippen molar-refractivity contribution in [3.8, 4) is 11.4 Å². The van der Waals surface area contributed by atoms with Gasteiger partial charge in [0, 0.05) is 44.9 Å². The summed E-state index contributed by atoms with van der Waals surface area (Å²) in [6.07, 6.45) is -0.0159. The zero-order valence-electron chi connectivity index (χ0n) is 17.7. The number of halogens is 3. The van der Waals surface area contributed by atoms with Crippen LogP contribution in [0.3, 0.4) is 0 Å². The second kappa shape index (κ2) is 7.84. The van der Waals surface area contributed by atoms with Crippen molar-refractivity contribution in [1.29, 1.82) is 0 Å². The molecule has 2 aliphatic rings. The second-order valence-corrected chi connectivity index (χ2v) is 8.57. The van der Waals surface area contributed by atoms with Gasteiger partial charge in [0.25, 0.3) is 5.92 Å². The Kier molecular flexibility index (Phi) is 5.11. The first kappa shape index (κ1) is 20.9. The summed E-state index contributed by atoms with van der Waals surface area (Å²) in [6, 6.07) is 3.20. The van der Waals surface area contributed by atoms with Crippen LogP contribution in [0, 0.1) is 18.7 Å². The highest BCUT2D eigenvalue weighted by Crippen LogP contribution is 2.50. The van der Waals surface area contributed by atoms with Crippen molar-refractivity contribution in [2.75, 3.05) is 24.5 Å². The molecule has 1 saturated carbocycles. The Labute approximate surface area is 182 Å². The van der Waals surface area contributed by atoms with Crippen LogP contribution in [0.15, 0.2) is 16.7 Å². The van der Waals surface area contributed by atoms with Crippen LogP contribution >= 0.6 is 0 Å². The number of aromatic nitrogens is 6. The van der Waals surface area contributed by atoms with E-state index >= 15 is 4.39 Å². The molecule has 170 valence electrons. The van der Waals surface area contributed by atoms with E-state index in [1.807, 2.05) is 4.90 Å². The van der Waals surface area contributed by atoms with Gasteiger partial charge in [-0.2, -0.15) is 10.2 Å². The monoisotopic (exact) mass is 448 g/mol. The maximum absolute atomic E-state index is 15.2. The predicted octanol–water partition coefficient (Wildman–Crippen LogP) is 2.61. The van der Waals surface area contributed by atoms with Crippen LogP contribution in [0.5, 0.6) is 0 Å². The van der Waals surface area contributed by atoms with Gasteiger partial charge >= 0.3 is 0 Å². The number of benzene rings is 1. The van der Waals surface area contributed by atoms with Gasteiger partial charge in [0.2, 0.25) is 11.7 Å². The molecule has 0 bridgehead atoms. The molecule has 12 heteroatoms. The lowest BCUT2D eigenvalue weighted by Gasteiger charge is -2.41. The number of aromatic amines is 1. The van der Waals surface area contributed by atoms with Crippen LogP contribution in [-0.2, 0) is 13.0 Å². The average molecular weight is 448 g/mol. The lowest BCUT2D eigenvalue weighted by molar-refractivity contribution is 0.0989. The van der Waals surface area contributed by atoms with Crippen molar-refractivity contribution >= 4 is 5.69 Å². The van der Waals surface area contributed by atoms with E-state index in [0.717, 1.165) is 0 Å². The van der Waals surface area contributed by atoms with E-state index in [-0.39, 0.29) is 30.3 Å². The van der Waals surface area contributed by atoms with Crippen LogP contribution in [0.25, 0.3) is 11.4 Å². The quantitative estimate of drug-likeness (QED) is 0.614. The Bertz CT molecular complexity index is 1100. The molecule has 1 aromatic carbocycles. The molecule has 0 spiro atoms. The van der Waals surface area contributed by atoms with Crippen LogP contribution in [0.1, 0.15) is 30.6 Å². The third-order valence-corrected chi connectivity index (χ3v) is 6.16. The Morgan fingerprint density at radius 2 is 2.09 bits per heavy atom. The van der Waals surface area contributed by atoms with Gasteiger partial charge in [0.1, 0.15) is 5.82 Å². The number of piperazine rings is 1. The number of hydrogen-bond acceptors (Lipinski definition) is 8. The summed E-state index contributed by atoms with van der Waals surface area (Å²) in [5.41, 5.74) is 1.36. The normalized spacial score (nSPS) is 23.0. The summed E-state index contributed by atoms with van der Waals surface area (Å²) in [4.78, 5) is 8.53. The maximum Gasteiger partial charge on any atom is 0.251 e. The lowest BCUT2D eigenvalue weighted by Crippen LogP contribution is -2.51. The number of alkyl halides is 2. The molecule has 1 unspecified atom stereocenters. The molecule has 3 heterocycles. The van der Waals surface area contributed by atoms with Crippen LogP contribution < -0.4 is 4.90 Å². The minimum atomic E-state index is -2.66. The van der Waals surface area contributed by atoms with Gasteiger partial charge in [0.15, 0.2) is 5.82 Å². The first-order valence-corrected chi connectivity index (χ1v) is 10.5. The molecule has 1 saturated heterocycles. The highest BCUT2D eigenvalue weighted by atomic mass is 19.3. The Hall–Kier alpha value is -3.02. The summed E-state index contributed by atoms with van der Waals surface area (Å²) in [7, 11) is 0. The number of tetrazole rings is 1. The smallest absolute Gasteiger partial charge is 0.251 e. The summed E-state index contributed by atoms with van der Waals surface area (Å²) in [6.45, 7) is 6.26. The highest BCUT2D eigenvalue weighted by molar-refractivity contribution is 5.76. The van der Waals surface area contributed by atoms with Crippen LogP contribution in [0.4, 0.5) is 18.9 Å². The average Bonchev–Trinajstić information content (AvgIpc) is 3.14. The number of H-pyrrole nitrogens is 1. The molecule has 9 nitrogen and oxygen atoms in total. The Morgan fingerprint density at radius 1 is 1.28 bits per heavy atom. The van der Waals surface area contributed by atoms with Crippen LogP contribution in [-0.4, -0.2) is 67.3 Å². The van der Waals surface area contributed by atoms with Gasteiger partial charge in [-0.3, -0.25) is 4.90 Å². The SMILES string of the molecule is Cc1nc(CN2CCN(c3cc(CC4CC4(F)F)cc(F)c3-c3nn[nH]n3)C[C@@H]2C)no1. The fourth-order valence-corrected chi connectivity index (χ4v) is 4.31. The fourth-order valence-electron chi connectivity index (χ4n) is 4.31. The van der Waals surface area contributed by atoms with E-state index in [1.165, 1.54) is 6.07 Å². The summed E-state index contributed by atoms with van der Waals surface area (Å²) in [5, 5.41) is 17.8. The first-order valence-electron chi connectivity index (χ1n) is 10.5. The molecule has 2 aromatic heterocycles. The molecule has 1 N–H and O–H groups in total. The summed E-state index contributed by atoms with van der Waals surface area (Å²) in [5.74, 6) is -2.66. The topological polar surface area (TPSA) is 99.9 Å². The van der Waals surface area contributed by atoms with E-state index in [1.54, 1.807) is 13.0 Å². The molecule has 3 aromatic rings. The molecular weight excluding hydrogens is 425 g/mol. The van der Waals surface area contributed by atoms with Crippen molar-refractivity contribution in [1.82, 2.24) is 35.7 Å². The zero-order chi connectivity index (χ0) is 22.5. The number of nitrogens with zero attached hydrogens (tertiary/aromatic N) is 7. The molecule has 0 amide bonds.